The van der Waals surface area contributed by atoms with Gasteiger partial charge in [0.1, 0.15) is 12.1 Å². The third kappa shape index (κ3) is 3.60. The van der Waals surface area contributed by atoms with Crippen molar-refractivity contribution in [3.8, 4) is 5.88 Å². The van der Waals surface area contributed by atoms with Crippen LogP contribution in [0.4, 0.5) is 5.95 Å². The van der Waals surface area contributed by atoms with E-state index in [1.807, 2.05) is 32.0 Å². The average molecular weight is 339 g/mol. The Morgan fingerprint density at radius 1 is 1.24 bits per heavy atom. The van der Waals surface area contributed by atoms with Gasteiger partial charge in [0, 0.05) is 5.92 Å². The Morgan fingerprint density at radius 3 is 2.64 bits per heavy atom. The molecule has 2 N–H and O–H groups in total. The Labute approximate surface area is 145 Å². The standard InChI is InChI=1S/C18H21N5O2/c1-10(2)16(24)22-18-21-15-14(19-9-20-15)17(23-18)25-8-13-11(3)6-5-7-12(13)4/h5-7,9-10H,8H2,1-4H3,(H2,19,20,21,22,23,24). The summed E-state index contributed by atoms with van der Waals surface area (Å²) in [6.45, 7) is 8.08. The van der Waals surface area contributed by atoms with Gasteiger partial charge in [-0.1, -0.05) is 32.0 Å². The van der Waals surface area contributed by atoms with E-state index in [2.05, 4.69) is 25.3 Å². The number of aromatic amines is 1. The lowest BCUT2D eigenvalue weighted by Gasteiger charge is -2.12. The summed E-state index contributed by atoms with van der Waals surface area (Å²) in [5, 5.41) is 2.69. The number of benzene rings is 1. The SMILES string of the molecule is Cc1cccc(C)c1COc1nc(NC(=O)C(C)C)nc2nc[nH]c12. The number of imidazole rings is 1. The van der Waals surface area contributed by atoms with E-state index >= 15 is 0 Å². The number of hydrogen-bond acceptors (Lipinski definition) is 5. The van der Waals surface area contributed by atoms with Gasteiger partial charge in [-0.05, 0) is 30.5 Å². The number of aryl methyl sites for hydroxylation is 2. The minimum atomic E-state index is -0.169. The zero-order valence-electron chi connectivity index (χ0n) is 14.8. The number of ether oxygens (including phenoxy) is 1. The first-order valence-corrected chi connectivity index (χ1v) is 8.15. The Kier molecular flexibility index (Phi) is 4.65. The molecule has 0 atom stereocenters. The van der Waals surface area contributed by atoms with Crippen LogP contribution in [0, 0.1) is 19.8 Å². The molecule has 0 saturated heterocycles. The Morgan fingerprint density at radius 2 is 1.96 bits per heavy atom. The van der Waals surface area contributed by atoms with E-state index in [1.165, 1.54) is 6.33 Å². The molecule has 0 spiro atoms. The second-order valence-corrected chi connectivity index (χ2v) is 6.26. The quantitative estimate of drug-likeness (QED) is 0.745. The Balaban J connectivity index is 1.89. The van der Waals surface area contributed by atoms with Crippen LogP contribution in [-0.2, 0) is 11.4 Å². The molecule has 3 rings (SSSR count). The summed E-state index contributed by atoms with van der Waals surface area (Å²) in [6, 6.07) is 6.11. The minimum Gasteiger partial charge on any atom is -0.471 e. The van der Waals surface area contributed by atoms with Crippen LogP contribution in [-0.4, -0.2) is 25.8 Å². The van der Waals surface area contributed by atoms with Crippen molar-refractivity contribution in [1.29, 1.82) is 0 Å². The topological polar surface area (TPSA) is 92.8 Å². The predicted octanol–water partition coefficient (Wildman–Crippen LogP) is 3.14. The highest BCUT2D eigenvalue weighted by atomic mass is 16.5. The van der Waals surface area contributed by atoms with Crippen molar-refractivity contribution in [2.24, 2.45) is 5.92 Å². The molecule has 7 heteroatoms. The van der Waals surface area contributed by atoms with Crippen molar-refractivity contribution >= 4 is 23.0 Å². The molecule has 0 aliphatic carbocycles. The normalized spacial score (nSPS) is 11.1. The van der Waals surface area contributed by atoms with Crippen molar-refractivity contribution in [3.63, 3.8) is 0 Å². The summed E-state index contributed by atoms with van der Waals surface area (Å²) in [5.74, 6) is 0.229. The summed E-state index contributed by atoms with van der Waals surface area (Å²) in [6.07, 6.45) is 1.53. The van der Waals surface area contributed by atoms with Gasteiger partial charge in [-0.3, -0.25) is 10.1 Å². The van der Waals surface area contributed by atoms with Crippen LogP contribution in [0.1, 0.15) is 30.5 Å². The van der Waals surface area contributed by atoms with Crippen LogP contribution in [0.5, 0.6) is 5.88 Å². The van der Waals surface area contributed by atoms with E-state index in [9.17, 15) is 4.79 Å². The van der Waals surface area contributed by atoms with Gasteiger partial charge >= 0.3 is 0 Å². The number of nitrogens with zero attached hydrogens (tertiary/aromatic N) is 3. The van der Waals surface area contributed by atoms with Gasteiger partial charge in [-0.25, -0.2) is 4.98 Å². The van der Waals surface area contributed by atoms with Crippen LogP contribution >= 0.6 is 0 Å². The number of H-pyrrole nitrogens is 1. The molecule has 7 nitrogen and oxygen atoms in total. The molecule has 3 aromatic rings. The number of fused-ring (bicyclic) bond motifs is 1. The molecule has 2 heterocycles. The third-order valence-corrected chi connectivity index (χ3v) is 4.01. The Hall–Kier alpha value is -2.96. The van der Waals surface area contributed by atoms with Crippen molar-refractivity contribution in [2.45, 2.75) is 34.3 Å². The number of anilines is 1. The molecule has 0 radical (unpaired) electrons. The van der Waals surface area contributed by atoms with E-state index in [0.717, 1.165) is 16.7 Å². The molecule has 1 aromatic carbocycles. The van der Waals surface area contributed by atoms with Gasteiger partial charge < -0.3 is 9.72 Å². The van der Waals surface area contributed by atoms with Gasteiger partial charge in [-0.2, -0.15) is 9.97 Å². The van der Waals surface area contributed by atoms with Crippen LogP contribution in [0.25, 0.3) is 11.2 Å². The maximum Gasteiger partial charge on any atom is 0.245 e. The lowest BCUT2D eigenvalue weighted by atomic mass is 10.0. The average Bonchev–Trinajstić information content (AvgIpc) is 3.02. The number of amides is 1. The second-order valence-electron chi connectivity index (χ2n) is 6.26. The molecule has 0 aliphatic heterocycles. The van der Waals surface area contributed by atoms with Crippen LogP contribution in [0.2, 0.25) is 0 Å². The number of nitrogens with one attached hydrogen (secondary N) is 2. The lowest BCUT2D eigenvalue weighted by molar-refractivity contribution is -0.118. The molecule has 0 aliphatic rings. The van der Waals surface area contributed by atoms with Crippen molar-refractivity contribution in [2.75, 3.05) is 5.32 Å². The van der Waals surface area contributed by atoms with Gasteiger partial charge in [0.05, 0.1) is 6.33 Å². The van der Waals surface area contributed by atoms with E-state index in [-0.39, 0.29) is 17.8 Å². The zero-order valence-corrected chi connectivity index (χ0v) is 14.8. The van der Waals surface area contributed by atoms with Crippen molar-refractivity contribution in [3.05, 3.63) is 41.2 Å². The largest absolute Gasteiger partial charge is 0.471 e. The summed E-state index contributed by atoms with van der Waals surface area (Å²) in [4.78, 5) is 27.6. The maximum absolute atomic E-state index is 11.9. The zero-order chi connectivity index (χ0) is 18.0. The van der Waals surface area contributed by atoms with Crippen molar-refractivity contribution in [1.82, 2.24) is 19.9 Å². The number of carbonyl (C=O) groups excluding carboxylic acids is 1. The third-order valence-electron chi connectivity index (χ3n) is 4.01. The highest BCUT2D eigenvalue weighted by Gasteiger charge is 2.15. The fourth-order valence-corrected chi connectivity index (χ4v) is 2.44. The van der Waals surface area contributed by atoms with Gasteiger partial charge in [0.15, 0.2) is 5.65 Å². The number of hydrogen-bond donors (Lipinski definition) is 2. The van der Waals surface area contributed by atoms with Gasteiger partial charge in [-0.15, -0.1) is 0 Å². The monoisotopic (exact) mass is 339 g/mol. The number of carbonyl (C=O) groups is 1. The summed E-state index contributed by atoms with van der Waals surface area (Å²) in [5.41, 5.74) is 4.48. The molecule has 130 valence electrons. The van der Waals surface area contributed by atoms with Gasteiger partial charge in [0.25, 0.3) is 0 Å². The first-order valence-electron chi connectivity index (χ1n) is 8.15. The highest BCUT2D eigenvalue weighted by Crippen LogP contribution is 2.23. The summed E-state index contributed by atoms with van der Waals surface area (Å²) >= 11 is 0. The first kappa shape index (κ1) is 16.9. The minimum absolute atomic E-state index is 0.157. The lowest BCUT2D eigenvalue weighted by Crippen LogP contribution is -2.19. The van der Waals surface area contributed by atoms with Gasteiger partial charge in [0.2, 0.25) is 17.7 Å². The molecule has 0 saturated carbocycles. The second kappa shape index (κ2) is 6.88. The molecule has 1 amide bonds. The fraction of sp³-hybridized carbons (Fsp3) is 0.333. The molecule has 25 heavy (non-hydrogen) atoms. The predicted molar refractivity (Wildman–Crippen MR) is 95.4 cm³/mol. The van der Waals surface area contributed by atoms with E-state index < -0.39 is 0 Å². The molecule has 0 unspecified atom stereocenters. The van der Waals surface area contributed by atoms with Crippen LogP contribution in [0.15, 0.2) is 24.5 Å². The number of rotatable bonds is 5. The Bertz CT molecular complexity index is 897. The summed E-state index contributed by atoms with van der Waals surface area (Å²) < 4.78 is 5.93. The highest BCUT2D eigenvalue weighted by molar-refractivity contribution is 5.91. The maximum atomic E-state index is 11.9. The van der Waals surface area contributed by atoms with E-state index in [4.69, 9.17) is 4.74 Å². The molecular formula is C18H21N5O2. The van der Waals surface area contributed by atoms with Crippen molar-refractivity contribution < 1.29 is 9.53 Å². The molecule has 0 bridgehead atoms. The molecular weight excluding hydrogens is 318 g/mol. The van der Waals surface area contributed by atoms with E-state index in [0.29, 0.717) is 23.7 Å². The fourth-order valence-electron chi connectivity index (χ4n) is 2.44. The van der Waals surface area contributed by atoms with E-state index in [1.54, 1.807) is 13.8 Å². The smallest absolute Gasteiger partial charge is 0.245 e. The van der Waals surface area contributed by atoms with Crippen LogP contribution < -0.4 is 10.1 Å². The molecule has 0 fully saturated rings. The first-order chi connectivity index (χ1) is 12.0. The molecule has 2 aromatic heterocycles. The number of aromatic nitrogens is 4. The summed E-state index contributed by atoms with van der Waals surface area (Å²) in [7, 11) is 0. The van der Waals surface area contributed by atoms with Crippen LogP contribution in [0.3, 0.4) is 0 Å².